The molecule has 0 spiro atoms. The first kappa shape index (κ1) is 16.1. The van der Waals surface area contributed by atoms with Crippen molar-refractivity contribution in [3.8, 4) is 0 Å². The Kier molecular flexibility index (Phi) is 5.49. The molecule has 1 heterocycles. The standard InChI is InChI=1S/C18H24ClNO/c1-18(2,3)20-13-15(12-17-5-4-10-21-17)11-14-6-8-16(19)9-7-14/h4-10,15,20H,11-13H2,1-3H3. The molecule has 0 amide bonds. The predicted molar refractivity (Wildman–Crippen MR) is 88.8 cm³/mol. The first-order valence-electron chi connectivity index (χ1n) is 7.44. The van der Waals surface area contributed by atoms with Crippen molar-refractivity contribution in [1.82, 2.24) is 5.32 Å². The molecule has 0 aliphatic carbocycles. The highest BCUT2D eigenvalue weighted by Crippen LogP contribution is 2.18. The molecule has 0 fully saturated rings. The molecule has 2 nitrogen and oxygen atoms in total. The van der Waals surface area contributed by atoms with Gasteiger partial charge in [0.1, 0.15) is 5.76 Å². The maximum Gasteiger partial charge on any atom is 0.104 e. The number of rotatable bonds is 6. The summed E-state index contributed by atoms with van der Waals surface area (Å²) in [4.78, 5) is 0. The lowest BCUT2D eigenvalue weighted by atomic mass is 9.94. The Labute approximate surface area is 132 Å². The SMILES string of the molecule is CC(C)(C)NCC(Cc1ccc(Cl)cc1)Cc1ccco1. The average molecular weight is 306 g/mol. The number of nitrogens with one attached hydrogen (secondary N) is 1. The molecule has 2 aromatic rings. The molecule has 1 atom stereocenters. The van der Waals surface area contributed by atoms with Crippen LogP contribution >= 0.6 is 11.6 Å². The molecule has 0 radical (unpaired) electrons. The fourth-order valence-electron chi connectivity index (χ4n) is 2.33. The van der Waals surface area contributed by atoms with Crippen molar-refractivity contribution in [2.24, 2.45) is 5.92 Å². The highest BCUT2D eigenvalue weighted by Gasteiger charge is 2.16. The molecule has 21 heavy (non-hydrogen) atoms. The Morgan fingerprint density at radius 3 is 2.38 bits per heavy atom. The van der Waals surface area contributed by atoms with Gasteiger partial charge in [-0.2, -0.15) is 0 Å². The summed E-state index contributed by atoms with van der Waals surface area (Å²) in [7, 11) is 0. The molecule has 0 saturated carbocycles. The fourth-order valence-corrected chi connectivity index (χ4v) is 2.46. The second-order valence-electron chi connectivity index (χ2n) is 6.61. The Hall–Kier alpha value is -1.25. The summed E-state index contributed by atoms with van der Waals surface area (Å²) in [6.07, 6.45) is 3.70. The van der Waals surface area contributed by atoms with Crippen molar-refractivity contribution in [1.29, 1.82) is 0 Å². The van der Waals surface area contributed by atoms with Crippen molar-refractivity contribution in [3.63, 3.8) is 0 Å². The van der Waals surface area contributed by atoms with Crippen LogP contribution in [-0.2, 0) is 12.8 Å². The van der Waals surface area contributed by atoms with Gasteiger partial charge >= 0.3 is 0 Å². The molecule has 1 aromatic carbocycles. The molecule has 1 N–H and O–H groups in total. The van der Waals surface area contributed by atoms with E-state index < -0.39 is 0 Å². The van der Waals surface area contributed by atoms with E-state index >= 15 is 0 Å². The minimum absolute atomic E-state index is 0.126. The number of hydrogen-bond donors (Lipinski definition) is 1. The highest BCUT2D eigenvalue weighted by molar-refractivity contribution is 6.30. The minimum Gasteiger partial charge on any atom is -0.469 e. The average Bonchev–Trinajstić information content (AvgIpc) is 2.91. The number of hydrogen-bond acceptors (Lipinski definition) is 2. The van der Waals surface area contributed by atoms with Crippen LogP contribution in [0.4, 0.5) is 0 Å². The van der Waals surface area contributed by atoms with Crippen LogP contribution in [0.15, 0.2) is 47.1 Å². The molecule has 1 unspecified atom stereocenters. The molecule has 3 heteroatoms. The zero-order chi connectivity index (χ0) is 15.3. The van der Waals surface area contributed by atoms with Gasteiger partial charge in [-0.25, -0.2) is 0 Å². The van der Waals surface area contributed by atoms with E-state index in [2.05, 4.69) is 38.2 Å². The molecule has 114 valence electrons. The first-order valence-corrected chi connectivity index (χ1v) is 7.82. The van der Waals surface area contributed by atoms with Gasteiger partial charge in [-0.1, -0.05) is 23.7 Å². The van der Waals surface area contributed by atoms with Gasteiger partial charge in [0.25, 0.3) is 0 Å². The van der Waals surface area contributed by atoms with Gasteiger partial charge < -0.3 is 9.73 Å². The predicted octanol–water partition coefficient (Wildman–Crippen LogP) is 4.72. The topological polar surface area (TPSA) is 25.2 Å². The lowest BCUT2D eigenvalue weighted by Crippen LogP contribution is -2.40. The Balaban J connectivity index is 2.01. The molecule has 0 bridgehead atoms. The van der Waals surface area contributed by atoms with E-state index in [9.17, 15) is 0 Å². The highest BCUT2D eigenvalue weighted by atomic mass is 35.5. The van der Waals surface area contributed by atoms with Crippen LogP contribution in [0, 0.1) is 5.92 Å². The van der Waals surface area contributed by atoms with Crippen LogP contribution in [0.25, 0.3) is 0 Å². The Morgan fingerprint density at radius 2 is 1.81 bits per heavy atom. The molecule has 1 aromatic heterocycles. The number of furan rings is 1. The van der Waals surface area contributed by atoms with Crippen LogP contribution in [0.2, 0.25) is 5.02 Å². The zero-order valence-corrected chi connectivity index (χ0v) is 13.8. The lowest BCUT2D eigenvalue weighted by molar-refractivity contribution is 0.352. The number of halogens is 1. The van der Waals surface area contributed by atoms with Crippen LogP contribution < -0.4 is 5.32 Å². The molecular formula is C18H24ClNO. The second-order valence-corrected chi connectivity index (χ2v) is 7.05. The van der Waals surface area contributed by atoms with Crippen molar-refractivity contribution < 1.29 is 4.42 Å². The Bertz CT molecular complexity index is 525. The minimum atomic E-state index is 0.126. The smallest absolute Gasteiger partial charge is 0.104 e. The van der Waals surface area contributed by atoms with Crippen molar-refractivity contribution >= 4 is 11.6 Å². The van der Waals surface area contributed by atoms with Gasteiger partial charge in [-0.05, 0) is 69.5 Å². The quantitative estimate of drug-likeness (QED) is 0.835. The van der Waals surface area contributed by atoms with E-state index in [-0.39, 0.29) is 5.54 Å². The van der Waals surface area contributed by atoms with Crippen LogP contribution in [0.3, 0.4) is 0 Å². The van der Waals surface area contributed by atoms with Crippen LogP contribution in [0.1, 0.15) is 32.1 Å². The van der Waals surface area contributed by atoms with Gasteiger partial charge in [0.05, 0.1) is 6.26 Å². The van der Waals surface area contributed by atoms with E-state index in [1.165, 1.54) is 5.56 Å². The summed E-state index contributed by atoms with van der Waals surface area (Å²) in [6.45, 7) is 7.55. The maximum absolute atomic E-state index is 5.96. The second kappa shape index (κ2) is 7.15. The van der Waals surface area contributed by atoms with Gasteiger partial charge in [0.2, 0.25) is 0 Å². The maximum atomic E-state index is 5.96. The summed E-state index contributed by atoms with van der Waals surface area (Å²) in [5, 5.41) is 4.38. The Morgan fingerprint density at radius 1 is 1.10 bits per heavy atom. The summed E-state index contributed by atoms with van der Waals surface area (Å²) >= 11 is 5.96. The van der Waals surface area contributed by atoms with Gasteiger partial charge in [0.15, 0.2) is 0 Å². The van der Waals surface area contributed by atoms with E-state index in [4.69, 9.17) is 16.0 Å². The van der Waals surface area contributed by atoms with E-state index in [0.29, 0.717) is 5.92 Å². The summed E-state index contributed by atoms with van der Waals surface area (Å²) in [5.74, 6) is 1.54. The molecule has 2 rings (SSSR count). The van der Waals surface area contributed by atoms with Crippen molar-refractivity contribution in [2.75, 3.05) is 6.54 Å². The summed E-state index contributed by atoms with van der Waals surface area (Å²) in [5.41, 5.74) is 1.44. The molecule has 0 aliphatic rings. The fraction of sp³-hybridized carbons (Fsp3) is 0.444. The third-order valence-electron chi connectivity index (χ3n) is 3.43. The summed E-state index contributed by atoms with van der Waals surface area (Å²) in [6, 6.07) is 12.1. The zero-order valence-electron chi connectivity index (χ0n) is 13.0. The van der Waals surface area contributed by atoms with Gasteiger partial charge in [0, 0.05) is 17.0 Å². The third-order valence-corrected chi connectivity index (χ3v) is 3.68. The normalized spacial score (nSPS) is 13.3. The first-order chi connectivity index (χ1) is 9.92. The van der Waals surface area contributed by atoms with Crippen molar-refractivity contribution in [2.45, 2.75) is 39.2 Å². The van der Waals surface area contributed by atoms with Gasteiger partial charge in [-0.15, -0.1) is 0 Å². The van der Waals surface area contributed by atoms with E-state index in [0.717, 1.165) is 30.2 Å². The van der Waals surface area contributed by atoms with Crippen LogP contribution in [0.5, 0.6) is 0 Å². The van der Waals surface area contributed by atoms with Crippen molar-refractivity contribution in [3.05, 3.63) is 59.0 Å². The van der Waals surface area contributed by atoms with E-state index in [1.807, 2.05) is 24.3 Å². The number of benzene rings is 1. The van der Waals surface area contributed by atoms with Gasteiger partial charge in [-0.3, -0.25) is 0 Å². The molecule has 0 saturated heterocycles. The summed E-state index contributed by atoms with van der Waals surface area (Å²) < 4.78 is 5.50. The molecular weight excluding hydrogens is 282 g/mol. The van der Waals surface area contributed by atoms with Crippen LogP contribution in [-0.4, -0.2) is 12.1 Å². The van der Waals surface area contributed by atoms with E-state index in [1.54, 1.807) is 6.26 Å². The monoisotopic (exact) mass is 305 g/mol. The molecule has 0 aliphatic heterocycles. The largest absolute Gasteiger partial charge is 0.469 e. The lowest BCUT2D eigenvalue weighted by Gasteiger charge is -2.25. The third kappa shape index (κ3) is 5.94.